The zero-order valence-electron chi connectivity index (χ0n) is 12.5. The van der Waals surface area contributed by atoms with Gasteiger partial charge in [0.2, 0.25) is 0 Å². The van der Waals surface area contributed by atoms with Crippen LogP contribution in [0.1, 0.15) is 50.3 Å². The van der Waals surface area contributed by atoms with E-state index in [1.807, 2.05) is 0 Å². The highest BCUT2D eigenvalue weighted by Gasteiger charge is 2.35. The van der Waals surface area contributed by atoms with Gasteiger partial charge < -0.3 is 5.73 Å². The van der Waals surface area contributed by atoms with E-state index in [1.165, 1.54) is 18.6 Å². The van der Waals surface area contributed by atoms with Gasteiger partial charge in [0.15, 0.2) is 0 Å². The molecule has 0 aromatic heterocycles. The predicted molar refractivity (Wildman–Crippen MR) is 77.9 cm³/mol. The minimum Gasteiger partial charge on any atom is -0.323 e. The average Bonchev–Trinajstić information content (AvgIpc) is 2.42. The van der Waals surface area contributed by atoms with E-state index in [1.54, 1.807) is 6.07 Å². The molecule has 1 unspecified atom stereocenters. The molecule has 0 amide bonds. The van der Waals surface area contributed by atoms with Gasteiger partial charge in [-0.25, -0.2) is 0 Å². The predicted octanol–water partition coefficient (Wildman–Crippen LogP) is 3.97. The molecule has 0 saturated carbocycles. The van der Waals surface area contributed by atoms with E-state index in [4.69, 9.17) is 5.73 Å². The lowest BCUT2D eigenvalue weighted by Crippen LogP contribution is -2.47. The van der Waals surface area contributed by atoms with Gasteiger partial charge in [0.25, 0.3) is 0 Å². The standard InChI is InChI=1S/C16H23F3N2/c1-11-6-5-7-12(2)21(11)10-15(20)13-8-3-4-9-14(13)16(17,18)19/h3-4,8-9,11-12,15H,5-7,10,20H2,1-2H3/t11-,12+,15?. The van der Waals surface area contributed by atoms with Gasteiger partial charge in [-0.2, -0.15) is 13.2 Å². The SMILES string of the molecule is C[C@@H]1CCC[C@H](C)N1CC(N)c1ccccc1C(F)(F)F. The second-order valence-electron chi connectivity index (χ2n) is 6.02. The van der Waals surface area contributed by atoms with Gasteiger partial charge in [-0.15, -0.1) is 0 Å². The number of rotatable bonds is 3. The summed E-state index contributed by atoms with van der Waals surface area (Å²) in [6.07, 6.45) is -1.02. The monoisotopic (exact) mass is 300 g/mol. The van der Waals surface area contributed by atoms with Crippen LogP contribution >= 0.6 is 0 Å². The van der Waals surface area contributed by atoms with Crippen LogP contribution in [0.5, 0.6) is 0 Å². The number of hydrogen-bond donors (Lipinski definition) is 1. The molecule has 1 heterocycles. The number of alkyl halides is 3. The first-order valence-electron chi connectivity index (χ1n) is 7.48. The molecule has 2 N–H and O–H groups in total. The minimum atomic E-state index is -4.35. The molecule has 1 aromatic rings. The highest BCUT2D eigenvalue weighted by molar-refractivity contribution is 5.32. The molecular formula is C16H23F3N2. The molecule has 3 atom stereocenters. The fourth-order valence-electron chi connectivity index (χ4n) is 3.24. The van der Waals surface area contributed by atoms with Crippen molar-refractivity contribution in [3.63, 3.8) is 0 Å². The molecule has 0 aliphatic carbocycles. The number of piperidine rings is 1. The van der Waals surface area contributed by atoms with Crippen LogP contribution in [0.15, 0.2) is 24.3 Å². The van der Waals surface area contributed by atoms with Gasteiger partial charge in [-0.3, -0.25) is 4.90 Å². The van der Waals surface area contributed by atoms with Crippen LogP contribution in [-0.2, 0) is 6.18 Å². The third kappa shape index (κ3) is 3.77. The minimum absolute atomic E-state index is 0.190. The highest BCUT2D eigenvalue weighted by Crippen LogP contribution is 2.35. The maximum Gasteiger partial charge on any atom is 0.416 e. The first-order chi connectivity index (χ1) is 9.80. The maximum atomic E-state index is 13.1. The number of nitrogens with zero attached hydrogens (tertiary/aromatic N) is 1. The third-order valence-electron chi connectivity index (χ3n) is 4.45. The molecule has 0 spiro atoms. The summed E-state index contributed by atoms with van der Waals surface area (Å²) >= 11 is 0. The summed E-state index contributed by atoms with van der Waals surface area (Å²) in [6.45, 7) is 4.71. The summed E-state index contributed by atoms with van der Waals surface area (Å²) in [6, 6.07) is 5.76. The molecule has 1 saturated heterocycles. The van der Waals surface area contributed by atoms with Crippen LogP contribution < -0.4 is 5.73 Å². The van der Waals surface area contributed by atoms with E-state index in [2.05, 4.69) is 18.7 Å². The Morgan fingerprint density at radius 1 is 1.19 bits per heavy atom. The zero-order chi connectivity index (χ0) is 15.6. The van der Waals surface area contributed by atoms with Crippen molar-refractivity contribution < 1.29 is 13.2 Å². The first-order valence-corrected chi connectivity index (χ1v) is 7.48. The Balaban J connectivity index is 2.19. The van der Waals surface area contributed by atoms with Gasteiger partial charge in [0.05, 0.1) is 5.56 Å². The van der Waals surface area contributed by atoms with Crippen molar-refractivity contribution >= 4 is 0 Å². The van der Waals surface area contributed by atoms with E-state index in [9.17, 15) is 13.2 Å². The smallest absolute Gasteiger partial charge is 0.323 e. The summed E-state index contributed by atoms with van der Waals surface area (Å²) < 4.78 is 39.2. The van der Waals surface area contributed by atoms with Gasteiger partial charge in [-0.1, -0.05) is 24.6 Å². The van der Waals surface area contributed by atoms with Crippen molar-refractivity contribution in [3.8, 4) is 0 Å². The van der Waals surface area contributed by atoms with Crippen LogP contribution in [0.2, 0.25) is 0 Å². The fourth-order valence-corrected chi connectivity index (χ4v) is 3.24. The number of hydrogen-bond acceptors (Lipinski definition) is 2. The Hall–Kier alpha value is -1.07. The summed E-state index contributed by atoms with van der Waals surface area (Å²) in [5.74, 6) is 0. The number of halogens is 3. The van der Waals surface area contributed by atoms with Crippen LogP contribution in [0.25, 0.3) is 0 Å². The lowest BCUT2D eigenvalue weighted by Gasteiger charge is -2.40. The molecule has 2 rings (SSSR count). The lowest BCUT2D eigenvalue weighted by molar-refractivity contribution is -0.138. The van der Waals surface area contributed by atoms with Crippen LogP contribution in [0.4, 0.5) is 13.2 Å². The van der Waals surface area contributed by atoms with Gasteiger partial charge >= 0.3 is 6.18 Å². The van der Waals surface area contributed by atoms with Crippen LogP contribution in [-0.4, -0.2) is 23.5 Å². The zero-order valence-corrected chi connectivity index (χ0v) is 12.5. The Morgan fingerprint density at radius 3 is 2.33 bits per heavy atom. The second kappa shape index (κ2) is 6.36. The molecule has 1 fully saturated rings. The summed E-state index contributed by atoms with van der Waals surface area (Å²) in [5.41, 5.74) is 5.68. The quantitative estimate of drug-likeness (QED) is 0.915. The van der Waals surface area contributed by atoms with E-state index in [0.29, 0.717) is 18.6 Å². The van der Waals surface area contributed by atoms with Crippen molar-refractivity contribution in [1.29, 1.82) is 0 Å². The third-order valence-corrected chi connectivity index (χ3v) is 4.45. The molecular weight excluding hydrogens is 277 g/mol. The first kappa shape index (κ1) is 16.3. The molecule has 0 bridgehead atoms. The van der Waals surface area contributed by atoms with Crippen molar-refractivity contribution in [1.82, 2.24) is 4.90 Å². The van der Waals surface area contributed by atoms with Crippen molar-refractivity contribution in [2.45, 2.75) is 57.4 Å². The summed E-state index contributed by atoms with van der Waals surface area (Å²) in [5, 5.41) is 0. The van der Waals surface area contributed by atoms with E-state index in [-0.39, 0.29) is 5.56 Å². The van der Waals surface area contributed by atoms with E-state index < -0.39 is 17.8 Å². The van der Waals surface area contributed by atoms with Crippen molar-refractivity contribution in [2.24, 2.45) is 5.73 Å². The lowest BCUT2D eigenvalue weighted by atomic mass is 9.94. The fraction of sp³-hybridized carbons (Fsp3) is 0.625. The number of likely N-dealkylation sites (tertiary alicyclic amines) is 1. The Kier molecular flexibility index (Phi) is 4.94. The summed E-state index contributed by atoms with van der Waals surface area (Å²) in [4.78, 5) is 2.24. The van der Waals surface area contributed by atoms with Gasteiger partial charge in [0.1, 0.15) is 0 Å². The molecule has 5 heteroatoms. The molecule has 0 radical (unpaired) electrons. The number of nitrogens with two attached hydrogens (primary N) is 1. The maximum absolute atomic E-state index is 13.1. The molecule has 2 nitrogen and oxygen atoms in total. The topological polar surface area (TPSA) is 29.3 Å². The molecule has 1 aliphatic rings. The highest BCUT2D eigenvalue weighted by atomic mass is 19.4. The largest absolute Gasteiger partial charge is 0.416 e. The Morgan fingerprint density at radius 2 is 1.76 bits per heavy atom. The normalized spacial score (nSPS) is 25.8. The van der Waals surface area contributed by atoms with Gasteiger partial charge in [0, 0.05) is 24.7 Å². The van der Waals surface area contributed by atoms with E-state index in [0.717, 1.165) is 18.9 Å². The van der Waals surface area contributed by atoms with Crippen molar-refractivity contribution in [3.05, 3.63) is 35.4 Å². The molecule has 21 heavy (non-hydrogen) atoms. The number of benzene rings is 1. The molecule has 118 valence electrons. The van der Waals surface area contributed by atoms with Crippen LogP contribution in [0, 0.1) is 0 Å². The second-order valence-corrected chi connectivity index (χ2v) is 6.02. The molecule has 1 aliphatic heterocycles. The molecule has 1 aromatic carbocycles. The summed E-state index contributed by atoms with van der Waals surface area (Å²) in [7, 11) is 0. The van der Waals surface area contributed by atoms with Gasteiger partial charge in [-0.05, 0) is 38.3 Å². The Bertz CT molecular complexity index is 463. The van der Waals surface area contributed by atoms with E-state index >= 15 is 0 Å². The average molecular weight is 300 g/mol. The Labute approximate surface area is 124 Å². The van der Waals surface area contributed by atoms with Crippen molar-refractivity contribution in [2.75, 3.05) is 6.54 Å². The van der Waals surface area contributed by atoms with Crippen LogP contribution in [0.3, 0.4) is 0 Å².